The van der Waals surface area contributed by atoms with E-state index < -0.39 is 12.1 Å². The molecule has 0 aliphatic rings. The van der Waals surface area contributed by atoms with Gasteiger partial charge in [-0.2, -0.15) is 0 Å². The molecule has 0 aliphatic heterocycles. The van der Waals surface area contributed by atoms with E-state index in [4.69, 9.17) is 14.2 Å². The van der Waals surface area contributed by atoms with E-state index in [1.165, 1.54) is 12.5 Å². The van der Waals surface area contributed by atoms with Crippen molar-refractivity contribution in [3.63, 3.8) is 0 Å². The van der Waals surface area contributed by atoms with E-state index in [1.54, 1.807) is 13.0 Å². The molecule has 0 amide bonds. The smallest absolute Gasteiger partial charge is 0.354 e. The van der Waals surface area contributed by atoms with Crippen LogP contribution in [0.3, 0.4) is 0 Å². The van der Waals surface area contributed by atoms with Crippen LogP contribution in [-0.4, -0.2) is 49.3 Å². The zero-order valence-corrected chi connectivity index (χ0v) is 19.5. The van der Waals surface area contributed by atoms with Crippen molar-refractivity contribution in [3.05, 3.63) is 65.4 Å². The van der Waals surface area contributed by atoms with E-state index in [0.717, 1.165) is 35.9 Å². The predicted octanol–water partition coefficient (Wildman–Crippen LogP) is 4.19. The number of carbonyl (C=O) groups is 2. The van der Waals surface area contributed by atoms with Crippen LogP contribution in [0.15, 0.2) is 48.5 Å². The number of H-pyrrole nitrogens is 1. The SMILES string of the molecule is CCOC(=O)c1cc2c(OCC(CNCCCc3ccccc3)OC(C)=O)cc(C)cc2[nH]1. The Morgan fingerprint density at radius 2 is 1.91 bits per heavy atom. The highest BCUT2D eigenvalue weighted by atomic mass is 16.6. The molecule has 1 heterocycles. The lowest BCUT2D eigenvalue weighted by molar-refractivity contribution is -0.147. The van der Waals surface area contributed by atoms with Gasteiger partial charge in [0, 0.05) is 18.9 Å². The number of nitrogens with one attached hydrogen (secondary N) is 2. The number of fused-ring (bicyclic) bond motifs is 1. The topological polar surface area (TPSA) is 89.7 Å². The third-order valence-corrected chi connectivity index (χ3v) is 5.13. The third kappa shape index (κ3) is 7.36. The van der Waals surface area contributed by atoms with Crippen molar-refractivity contribution in [2.75, 3.05) is 26.3 Å². The average Bonchev–Trinajstić information content (AvgIpc) is 3.21. The summed E-state index contributed by atoms with van der Waals surface area (Å²) >= 11 is 0. The third-order valence-electron chi connectivity index (χ3n) is 5.13. The molecule has 1 aromatic heterocycles. The average molecular weight is 453 g/mol. The molecule has 1 atom stereocenters. The second-order valence-corrected chi connectivity index (χ2v) is 7.96. The maximum absolute atomic E-state index is 12.1. The van der Waals surface area contributed by atoms with Crippen LogP contribution >= 0.6 is 0 Å². The Morgan fingerprint density at radius 1 is 1.12 bits per heavy atom. The van der Waals surface area contributed by atoms with Gasteiger partial charge in [-0.1, -0.05) is 30.3 Å². The largest absolute Gasteiger partial charge is 0.489 e. The summed E-state index contributed by atoms with van der Waals surface area (Å²) in [6.45, 7) is 6.92. The van der Waals surface area contributed by atoms with Crippen LogP contribution in [0.2, 0.25) is 0 Å². The molecule has 7 nitrogen and oxygen atoms in total. The van der Waals surface area contributed by atoms with E-state index in [0.29, 0.717) is 24.6 Å². The highest BCUT2D eigenvalue weighted by Gasteiger charge is 2.17. The van der Waals surface area contributed by atoms with Crippen LogP contribution in [0.4, 0.5) is 0 Å². The zero-order valence-electron chi connectivity index (χ0n) is 19.5. The number of hydrogen-bond donors (Lipinski definition) is 2. The number of aromatic amines is 1. The van der Waals surface area contributed by atoms with Gasteiger partial charge in [0.1, 0.15) is 24.2 Å². The van der Waals surface area contributed by atoms with Crippen LogP contribution in [0.1, 0.15) is 41.9 Å². The number of esters is 2. The molecule has 0 saturated carbocycles. The summed E-state index contributed by atoms with van der Waals surface area (Å²) in [5.41, 5.74) is 3.45. The number of carbonyl (C=O) groups excluding carboxylic acids is 2. The van der Waals surface area contributed by atoms with Crippen LogP contribution in [0.5, 0.6) is 5.75 Å². The van der Waals surface area contributed by atoms with Crippen LogP contribution in [-0.2, 0) is 20.7 Å². The summed E-state index contributed by atoms with van der Waals surface area (Å²) in [5.74, 6) is -0.136. The quantitative estimate of drug-likeness (QED) is 0.316. The second-order valence-electron chi connectivity index (χ2n) is 7.96. The Morgan fingerprint density at radius 3 is 2.64 bits per heavy atom. The maximum atomic E-state index is 12.1. The van der Waals surface area contributed by atoms with Crippen molar-refractivity contribution >= 4 is 22.8 Å². The standard InChI is InChI=1S/C26H32N2O5/c1-4-31-26(30)24-15-22-23(28-24)13-18(2)14-25(22)32-17-21(33-19(3)29)16-27-12-8-11-20-9-6-5-7-10-20/h5-7,9-10,13-15,21,27-28H,4,8,11-12,16-17H2,1-3H3. The Labute approximate surface area is 194 Å². The van der Waals surface area contributed by atoms with Gasteiger partial charge in [-0.05, 0) is 62.6 Å². The van der Waals surface area contributed by atoms with Crippen molar-refractivity contribution in [3.8, 4) is 5.75 Å². The Hall–Kier alpha value is -3.32. The zero-order chi connectivity index (χ0) is 23.6. The number of hydrogen-bond acceptors (Lipinski definition) is 6. The maximum Gasteiger partial charge on any atom is 0.354 e. The van der Waals surface area contributed by atoms with Gasteiger partial charge < -0.3 is 24.5 Å². The number of aryl methyl sites for hydroxylation is 2. The number of aromatic nitrogens is 1. The fourth-order valence-corrected chi connectivity index (χ4v) is 3.66. The molecule has 0 spiro atoms. The Balaban J connectivity index is 1.59. The first kappa shape index (κ1) is 24.3. The number of benzene rings is 2. The lowest BCUT2D eigenvalue weighted by Gasteiger charge is -2.19. The first-order chi connectivity index (χ1) is 16.0. The van der Waals surface area contributed by atoms with Crippen molar-refractivity contribution in [1.29, 1.82) is 0 Å². The van der Waals surface area contributed by atoms with Gasteiger partial charge in [-0.15, -0.1) is 0 Å². The molecule has 2 N–H and O–H groups in total. The van der Waals surface area contributed by atoms with Crippen LogP contribution < -0.4 is 10.1 Å². The van der Waals surface area contributed by atoms with Crippen molar-refractivity contribution in [2.24, 2.45) is 0 Å². The van der Waals surface area contributed by atoms with Crippen molar-refractivity contribution in [2.45, 2.75) is 39.7 Å². The molecular formula is C26H32N2O5. The molecule has 1 unspecified atom stereocenters. The Bertz CT molecular complexity index is 1060. The lowest BCUT2D eigenvalue weighted by Crippen LogP contribution is -2.35. The molecule has 0 fully saturated rings. The molecular weight excluding hydrogens is 420 g/mol. The molecule has 3 rings (SSSR count). The lowest BCUT2D eigenvalue weighted by atomic mass is 10.1. The molecule has 3 aromatic rings. The van der Waals surface area contributed by atoms with E-state index >= 15 is 0 Å². The Kier molecular flexibility index (Phi) is 8.89. The summed E-state index contributed by atoms with van der Waals surface area (Å²) < 4.78 is 16.6. The number of ether oxygens (including phenoxy) is 3. The predicted molar refractivity (Wildman–Crippen MR) is 128 cm³/mol. The highest BCUT2D eigenvalue weighted by molar-refractivity contribution is 5.97. The molecule has 0 radical (unpaired) electrons. The first-order valence-corrected chi connectivity index (χ1v) is 11.3. The molecule has 0 saturated heterocycles. The van der Waals surface area contributed by atoms with Gasteiger partial charge >= 0.3 is 11.9 Å². The summed E-state index contributed by atoms with van der Waals surface area (Å²) in [6, 6.07) is 15.9. The van der Waals surface area contributed by atoms with Crippen LogP contribution in [0.25, 0.3) is 10.9 Å². The minimum atomic E-state index is -0.432. The molecule has 0 bridgehead atoms. The molecule has 0 aliphatic carbocycles. The molecule has 33 heavy (non-hydrogen) atoms. The van der Waals surface area contributed by atoms with E-state index in [1.807, 2.05) is 37.3 Å². The minimum absolute atomic E-state index is 0.198. The second kappa shape index (κ2) is 12.1. The van der Waals surface area contributed by atoms with E-state index in [9.17, 15) is 9.59 Å². The van der Waals surface area contributed by atoms with Gasteiger partial charge in [0.05, 0.1) is 12.1 Å². The monoisotopic (exact) mass is 452 g/mol. The van der Waals surface area contributed by atoms with Gasteiger partial charge in [-0.3, -0.25) is 4.79 Å². The van der Waals surface area contributed by atoms with E-state index in [-0.39, 0.29) is 12.6 Å². The van der Waals surface area contributed by atoms with Gasteiger partial charge in [0.2, 0.25) is 0 Å². The van der Waals surface area contributed by atoms with Crippen molar-refractivity contribution in [1.82, 2.24) is 10.3 Å². The van der Waals surface area contributed by atoms with E-state index in [2.05, 4.69) is 22.4 Å². The highest BCUT2D eigenvalue weighted by Crippen LogP contribution is 2.29. The normalized spacial score (nSPS) is 11.8. The fourth-order valence-electron chi connectivity index (χ4n) is 3.66. The summed E-state index contributed by atoms with van der Waals surface area (Å²) in [4.78, 5) is 26.8. The van der Waals surface area contributed by atoms with Crippen molar-refractivity contribution < 1.29 is 23.8 Å². The minimum Gasteiger partial charge on any atom is -0.489 e. The van der Waals surface area contributed by atoms with Crippen LogP contribution in [0, 0.1) is 6.92 Å². The molecule has 7 heteroatoms. The van der Waals surface area contributed by atoms with Gasteiger partial charge in [0.25, 0.3) is 0 Å². The molecule has 2 aromatic carbocycles. The summed E-state index contributed by atoms with van der Waals surface area (Å²) in [5, 5.41) is 4.13. The summed E-state index contributed by atoms with van der Waals surface area (Å²) in [6.07, 6.45) is 1.54. The molecule has 176 valence electrons. The van der Waals surface area contributed by atoms with Gasteiger partial charge in [0.15, 0.2) is 0 Å². The van der Waals surface area contributed by atoms with Gasteiger partial charge in [-0.25, -0.2) is 4.79 Å². The fraction of sp³-hybridized carbons (Fsp3) is 0.385. The first-order valence-electron chi connectivity index (χ1n) is 11.3. The summed E-state index contributed by atoms with van der Waals surface area (Å²) in [7, 11) is 0. The number of rotatable bonds is 12.